The number of hydrogen-bond donors (Lipinski definition) is 1. The van der Waals surface area contributed by atoms with E-state index in [4.69, 9.17) is 14.5 Å². The smallest absolute Gasteiger partial charge is 0.208 e. The maximum absolute atomic E-state index is 9.54. The normalized spacial score (nSPS) is 14.2. The lowest BCUT2D eigenvalue weighted by Crippen LogP contribution is -2.46. The number of aromatic nitrogens is 2. The van der Waals surface area contributed by atoms with Crippen molar-refractivity contribution in [2.75, 3.05) is 44.5 Å². The summed E-state index contributed by atoms with van der Waals surface area (Å²) in [5.41, 5.74) is 3.34. The van der Waals surface area contributed by atoms with Gasteiger partial charge in [-0.05, 0) is 50.1 Å². The molecule has 0 fully saturated rings. The number of para-hydroxylation sites is 2. The second kappa shape index (κ2) is 9.36. The summed E-state index contributed by atoms with van der Waals surface area (Å²) in [5.74, 6) is 2.53. The van der Waals surface area contributed by atoms with Crippen LogP contribution in [0.2, 0.25) is 0 Å². The minimum Gasteiger partial charge on any atom is -0.490 e. The molecule has 1 aliphatic heterocycles. The van der Waals surface area contributed by atoms with Crippen LogP contribution in [-0.4, -0.2) is 59.1 Å². The second-order valence-electron chi connectivity index (χ2n) is 7.39. The summed E-state index contributed by atoms with van der Waals surface area (Å²) in [5, 5.41) is 9.54. The molecule has 7 heteroatoms. The third-order valence-corrected chi connectivity index (χ3v) is 5.32. The van der Waals surface area contributed by atoms with E-state index in [9.17, 15) is 5.11 Å². The van der Waals surface area contributed by atoms with Gasteiger partial charge in [-0.1, -0.05) is 18.2 Å². The van der Waals surface area contributed by atoms with E-state index in [1.54, 1.807) is 0 Å². The van der Waals surface area contributed by atoms with Crippen molar-refractivity contribution >= 4 is 17.0 Å². The molecule has 0 saturated heterocycles. The van der Waals surface area contributed by atoms with Gasteiger partial charge in [0.05, 0.1) is 44.2 Å². The van der Waals surface area contributed by atoms with Crippen LogP contribution in [0.15, 0.2) is 42.5 Å². The number of fused-ring (bicyclic) bond motifs is 3. The van der Waals surface area contributed by atoms with Gasteiger partial charge in [0.25, 0.3) is 0 Å². The van der Waals surface area contributed by atoms with Gasteiger partial charge < -0.3 is 19.5 Å². The predicted octanol–water partition coefficient (Wildman–Crippen LogP) is 3.11. The first-order valence-electron chi connectivity index (χ1n) is 10.7. The Morgan fingerprint density at radius 1 is 0.967 bits per heavy atom. The number of hydrogen-bond acceptors (Lipinski definition) is 6. The Bertz CT molecular complexity index is 988. The summed E-state index contributed by atoms with van der Waals surface area (Å²) < 4.78 is 13.7. The zero-order chi connectivity index (χ0) is 20.9. The van der Waals surface area contributed by atoms with Gasteiger partial charge in [0.2, 0.25) is 5.95 Å². The van der Waals surface area contributed by atoms with E-state index >= 15 is 0 Å². The summed E-state index contributed by atoms with van der Waals surface area (Å²) in [7, 11) is 0. The van der Waals surface area contributed by atoms with Crippen molar-refractivity contribution in [1.29, 1.82) is 0 Å². The van der Waals surface area contributed by atoms with Crippen molar-refractivity contribution in [3.63, 3.8) is 0 Å². The Hall–Kier alpha value is -2.77. The summed E-state index contributed by atoms with van der Waals surface area (Å²) in [6, 6.07) is 14.4. The Morgan fingerprint density at radius 2 is 1.77 bits per heavy atom. The van der Waals surface area contributed by atoms with Crippen molar-refractivity contribution in [3.8, 4) is 11.5 Å². The quantitative estimate of drug-likeness (QED) is 0.585. The van der Waals surface area contributed by atoms with Gasteiger partial charge in [0, 0.05) is 13.1 Å². The molecule has 2 heterocycles. The largest absolute Gasteiger partial charge is 0.490 e. The van der Waals surface area contributed by atoms with Crippen molar-refractivity contribution in [2.45, 2.75) is 26.9 Å². The molecule has 1 N–H and O–H groups in total. The van der Waals surface area contributed by atoms with E-state index < -0.39 is 0 Å². The SMILES string of the molecule is CCOc1ccc(CCN2CN(CCO)c3nc4ccccc4n3C2)cc1OCC. The van der Waals surface area contributed by atoms with Crippen LogP contribution in [0.1, 0.15) is 19.4 Å². The van der Waals surface area contributed by atoms with Crippen molar-refractivity contribution in [1.82, 2.24) is 14.5 Å². The molecular formula is C23H30N4O3. The van der Waals surface area contributed by atoms with Crippen LogP contribution in [-0.2, 0) is 13.1 Å². The Labute approximate surface area is 177 Å². The minimum atomic E-state index is 0.105. The lowest BCUT2D eigenvalue weighted by atomic mass is 10.1. The summed E-state index contributed by atoms with van der Waals surface area (Å²) in [6.45, 7) is 8.30. The van der Waals surface area contributed by atoms with Gasteiger partial charge in [-0.15, -0.1) is 0 Å². The van der Waals surface area contributed by atoms with Crippen LogP contribution in [0.25, 0.3) is 11.0 Å². The molecule has 160 valence electrons. The van der Waals surface area contributed by atoms with Gasteiger partial charge in [-0.2, -0.15) is 0 Å². The van der Waals surface area contributed by atoms with Crippen LogP contribution in [0.5, 0.6) is 11.5 Å². The molecule has 0 aliphatic carbocycles. The molecule has 0 amide bonds. The molecule has 0 radical (unpaired) electrons. The lowest BCUT2D eigenvalue weighted by Gasteiger charge is -2.37. The second-order valence-corrected chi connectivity index (χ2v) is 7.39. The number of aliphatic hydroxyl groups is 1. The highest BCUT2D eigenvalue weighted by Gasteiger charge is 2.25. The van der Waals surface area contributed by atoms with Gasteiger partial charge >= 0.3 is 0 Å². The summed E-state index contributed by atoms with van der Waals surface area (Å²) >= 11 is 0. The van der Waals surface area contributed by atoms with Gasteiger partial charge in [0.1, 0.15) is 0 Å². The first-order chi connectivity index (χ1) is 14.7. The number of benzene rings is 2. The van der Waals surface area contributed by atoms with Gasteiger partial charge in [0.15, 0.2) is 11.5 Å². The van der Waals surface area contributed by atoms with Crippen LogP contribution < -0.4 is 14.4 Å². The maximum atomic E-state index is 9.54. The molecule has 1 aromatic heterocycles. The fourth-order valence-electron chi connectivity index (χ4n) is 3.96. The third-order valence-electron chi connectivity index (χ3n) is 5.32. The van der Waals surface area contributed by atoms with E-state index in [0.717, 1.165) is 54.8 Å². The van der Waals surface area contributed by atoms with E-state index in [0.29, 0.717) is 19.8 Å². The number of ether oxygens (including phenoxy) is 2. The van der Waals surface area contributed by atoms with Gasteiger partial charge in [-0.25, -0.2) is 4.98 Å². The van der Waals surface area contributed by atoms with Crippen molar-refractivity contribution in [3.05, 3.63) is 48.0 Å². The molecule has 4 rings (SSSR count). The molecular weight excluding hydrogens is 380 g/mol. The fourth-order valence-corrected chi connectivity index (χ4v) is 3.96. The Balaban J connectivity index is 1.51. The Kier molecular flexibility index (Phi) is 6.40. The molecule has 0 spiro atoms. The van der Waals surface area contributed by atoms with Crippen LogP contribution in [0.4, 0.5) is 5.95 Å². The zero-order valence-corrected chi connectivity index (χ0v) is 17.8. The maximum Gasteiger partial charge on any atom is 0.208 e. The van der Waals surface area contributed by atoms with Crippen LogP contribution in [0.3, 0.4) is 0 Å². The fraction of sp³-hybridized carbons (Fsp3) is 0.435. The standard InChI is InChI=1S/C23H30N4O3/c1-3-29-21-10-9-18(15-22(21)30-4-2)11-12-25-16-26(13-14-28)23-24-19-7-5-6-8-20(19)27(23)17-25/h5-10,15,28H,3-4,11-14,16-17H2,1-2H3. The number of nitrogens with zero attached hydrogens (tertiary/aromatic N) is 4. The topological polar surface area (TPSA) is 63.0 Å². The van der Waals surface area contributed by atoms with Crippen LogP contribution >= 0.6 is 0 Å². The highest BCUT2D eigenvalue weighted by Crippen LogP contribution is 2.30. The Morgan fingerprint density at radius 3 is 2.57 bits per heavy atom. The molecule has 7 nitrogen and oxygen atoms in total. The van der Waals surface area contributed by atoms with Crippen LogP contribution in [0, 0.1) is 0 Å². The van der Waals surface area contributed by atoms with Gasteiger partial charge in [-0.3, -0.25) is 9.47 Å². The lowest BCUT2D eigenvalue weighted by molar-refractivity contribution is 0.193. The molecule has 3 aromatic rings. The minimum absolute atomic E-state index is 0.105. The van der Waals surface area contributed by atoms with Crippen molar-refractivity contribution in [2.24, 2.45) is 0 Å². The number of imidazole rings is 1. The average molecular weight is 411 g/mol. The average Bonchev–Trinajstić information content (AvgIpc) is 3.13. The highest BCUT2D eigenvalue weighted by molar-refractivity contribution is 5.79. The molecule has 1 aliphatic rings. The molecule has 0 atom stereocenters. The van der Waals surface area contributed by atoms with E-state index in [-0.39, 0.29) is 6.61 Å². The highest BCUT2D eigenvalue weighted by atomic mass is 16.5. The summed E-state index contributed by atoms with van der Waals surface area (Å²) in [4.78, 5) is 9.31. The molecule has 0 bridgehead atoms. The predicted molar refractivity (Wildman–Crippen MR) is 118 cm³/mol. The molecule has 0 saturated carbocycles. The van der Waals surface area contributed by atoms with E-state index in [1.807, 2.05) is 38.1 Å². The van der Waals surface area contributed by atoms with Crippen molar-refractivity contribution < 1.29 is 14.6 Å². The monoisotopic (exact) mass is 410 g/mol. The first kappa shape index (κ1) is 20.5. The summed E-state index contributed by atoms with van der Waals surface area (Å²) in [6.07, 6.45) is 0.904. The number of β-amino-alcohol motifs (C(OH)–C–C–N with tert-alkyl or cyclic N) is 1. The molecule has 2 aromatic carbocycles. The third kappa shape index (κ3) is 4.22. The zero-order valence-electron chi connectivity index (χ0n) is 17.8. The van der Waals surface area contributed by atoms with E-state index in [2.05, 4.69) is 32.6 Å². The number of rotatable bonds is 9. The molecule has 0 unspecified atom stereocenters. The number of anilines is 1. The first-order valence-corrected chi connectivity index (χ1v) is 10.7. The van der Waals surface area contributed by atoms with E-state index in [1.165, 1.54) is 5.56 Å². The molecule has 30 heavy (non-hydrogen) atoms. The number of aliphatic hydroxyl groups excluding tert-OH is 1.